The summed E-state index contributed by atoms with van der Waals surface area (Å²) in [5.41, 5.74) is 1.16. The van der Waals surface area contributed by atoms with Gasteiger partial charge in [-0.2, -0.15) is 0 Å². The summed E-state index contributed by atoms with van der Waals surface area (Å²) in [5.74, 6) is -0.627. The Labute approximate surface area is 120 Å². The molecule has 1 aliphatic heterocycles. The second-order valence-corrected chi connectivity index (χ2v) is 7.08. The summed E-state index contributed by atoms with van der Waals surface area (Å²) in [6.07, 6.45) is 3.43. The summed E-state index contributed by atoms with van der Waals surface area (Å²) in [6, 6.07) is 0. The monoisotopic (exact) mass is 282 g/mol. The normalized spacial score (nSPS) is 55.1. The summed E-state index contributed by atoms with van der Waals surface area (Å²) >= 11 is 0. The van der Waals surface area contributed by atoms with Gasteiger partial charge in [-0.15, -0.1) is 0 Å². The average molecular weight is 282 g/mol. The Morgan fingerprint density at radius 3 is 2.75 bits per heavy atom. The number of aliphatic hydroxyl groups excluding tert-OH is 1. The van der Waals surface area contributed by atoms with Crippen LogP contribution >= 0.6 is 0 Å². The molecule has 0 unspecified atom stereocenters. The fourth-order valence-electron chi connectivity index (χ4n) is 5.02. The zero-order chi connectivity index (χ0) is 14.7. The number of rotatable bonds is 1. The van der Waals surface area contributed by atoms with E-state index in [9.17, 15) is 10.2 Å². The molecule has 7 atom stereocenters. The number of aliphatic hydroxyl groups is 2. The molecule has 0 aromatic rings. The molecule has 2 N–H and O–H groups in total. The second kappa shape index (κ2) is 4.54. The molecule has 0 amide bonds. The van der Waals surface area contributed by atoms with Crippen molar-refractivity contribution in [1.29, 1.82) is 0 Å². The van der Waals surface area contributed by atoms with Gasteiger partial charge >= 0.3 is 0 Å². The van der Waals surface area contributed by atoms with Crippen LogP contribution < -0.4 is 0 Å². The molecular weight excluding hydrogens is 256 g/mol. The standard InChI is InChI=1S/C16H26O4/c1-9-7-12(17)8-11-5-6-16(18)13(15(9,11)3)10(2)14(19-4)20-16/h8-10,12-14,17-18H,5-7H2,1-4H3/t9-,10-,12-,13+,14-,15+,16-/m0/s1. The van der Waals surface area contributed by atoms with E-state index in [1.165, 1.54) is 5.57 Å². The maximum Gasteiger partial charge on any atom is 0.173 e. The minimum absolute atomic E-state index is 0.0162. The summed E-state index contributed by atoms with van der Waals surface area (Å²) in [5, 5.41) is 21.0. The Kier molecular flexibility index (Phi) is 3.29. The van der Waals surface area contributed by atoms with Crippen LogP contribution in [0.5, 0.6) is 0 Å². The van der Waals surface area contributed by atoms with Crippen LogP contribution in [0.25, 0.3) is 0 Å². The fraction of sp³-hybridized carbons (Fsp3) is 0.875. The molecule has 114 valence electrons. The number of hydrogen-bond donors (Lipinski definition) is 2. The van der Waals surface area contributed by atoms with Gasteiger partial charge in [0.05, 0.1) is 6.10 Å². The number of hydrogen-bond acceptors (Lipinski definition) is 4. The molecule has 4 heteroatoms. The van der Waals surface area contributed by atoms with Crippen LogP contribution in [0.4, 0.5) is 0 Å². The van der Waals surface area contributed by atoms with Gasteiger partial charge in [-0.05, 0) is 24.2 Å². The van der Waals surface area contributed by atoms with E-state index in [0.29, 0.717) is 12.3 Å². The summed E-state index contributed by atoms with van der Waals surface area (Å²) < 4.78 is 11.3. The molecule has 2 aliphatic carbocycles. The molecule has 0 spiro atoms. The first kappa shape index (κ1) is 14.5. The van der Waals surface area contributed by atoms with E-state index in [0.717, 1.165) is 12.8 Å². The third-order valence-electron chi connectivity index (χ3n) is 6.10. The summed E-state index contributed by atoms with van der Waals surface area (Å²) in [6.45, 7) is 6.50. The van der Waals surface area contributed by atoms with Crippen molar-refractivity contribution in [3.63, 3.8) is 0 Å². The van der Waals surface area contributed by atoms with Crippen molar-refractivity contribution in [2.24, 2.45) is 23.2 Å². The van der Waals surface area contributed by atoms with Crippen molar-refractivity contribution < 1.29 is 19.7 Å². The van der Waals surface area contributed by atoms with Crippen molar-refractivity contribution in [2.75, 3.05) is 7.11 Å². The topological polar surface area (TPSA) is 58.9 Å². The number of fused-ring (bicyclic) bond motifs is 3. The molecule has 3 rings (SSSR count). The number of methoxy groups -OCH3 is 1. The Bertz CT molecular complexity index is 434. The Morgan fingerprint density at radius 2 is 2.10 bits per heavy atom. The predicted octanol–water partition coefficient (Wildman–Crippen LogP) is 2.06. The van der Waals surface area contributed by atoms with E-state index in [1.807, 2.05) is 6.08 Å². The van der Waals surface area contributed by atoms with Crippen molar-refractivity contribution in [1.82, 2.24) is 0 Å². The highest BCUT2D eigenvalue weighted by Crippen LogP contribution is 2.62. The van der Waals surface area contributed by atoms with Gasteiger partial charge in [0.1, 0.15) is 0 Å². The van der Waals surface area contributed by atoms with Crippen LogP contribution in [0.2, 0.25) is 0 Å². The summed E-state index contributed by atoms with van der Waals surface area (Å²) in [7, 11) is 1.63. The van der Waals surface area contributed by atoms with Gasteiger partial charge in [-0.1, -0.05) is 32.4 Å². The Hall–Kier alpha value is -0.420. The molecule has 2 fully saturated rings. The third-order valence-corrected chi connectivity index (χ3v) is 6.10. The molecule has 0 aromatic heterocycles. The lowest BCUT2D eigenvalue weighted by Crippen LogP contribution is -2.54. The van der Waals surface area contributed by atoms with Crippen LogP contribution in [0.15, 0.2) is 11.6 Å². The van der Waals surface area contributed by atoms with E-state index < -0.39 is 5.79 Å². The predicted molar refractivity (Wildman–Crippen MR) is 74.7 cm³/mol. The lowest BCUT2D eigenvalue weighted by molar-refractivity contribution is -0.274. The molecule has 20 heavy (non-hydrogen) atoms. The van der Waals surface area contributed by atoms with E-state index in [1.54, 1.807) is 7.11 Å². The van der Waals surface area contributed by atoms with Gasteiger partial charge in [-0.25, -0.2) is 0 Å². The van der Waals surface area contributed by atoms with Crippen LogP contribution in [-0.2, 0) is 9.47 Å². The summed E-state index contributed by atoms with van der Waals surface area (Å²) in [4.78, 5) is 0. The van der Waals surface area contributed by atoms with Gasteiger partial charge in [0, 0.05) is 25.4 Å². The Balaban J connectivity index is 2.06. The minimum Gasteiger partial charge on any atom is -0.389 e. The molecule has 0 bridgehead atoms. The first-order valence-corrected chi connectivity index (χ1v) is 7.65. The maximum absolute atomic E-state index is 11.0. The molecule has 0 aromatic carbocycles. The van der Waals surface area contributed by atoms with E-state index in [-0.39, 0.29) is 29.6 Å². The van der Waals surface area contributed by atoms with Gasteiger partial charge in [0.2, 0.25) is 0 Å². The molecule has 3 aliphatic rings. The molecule has 0 radical (unpaired) electrons. The second-order valence-electron chi connectivity index (χ2n) is 7.08. The van der Waals surface area contributed by atoms with Gasteiger partial charge in [0.25, 0.3) is 0 Å². The Morgan fingerprint density at radius 1 is 1.40 bits per heavy atom. The van der Waals surface area contributed by atoms with Crippen molar-refractivity contribution >= 4 is 0 Å². The number of allylic oxidation sites excluding steroid dienone is 1. The van der Waals surface area contributed by atoms with Gasteiger partial charge in [0.15, 0.2) is 12.1 Å². The third kappa shape index (κ3) is 1.75. The lowest BCUT2D eigenvalue weighted by atomic mass is 9.51. The molecule has 1 saturated carbocycles. The van der Waals surface area contributed by atoms with E-state index >= 15 is 0 Å². The van der Waals surface area contributed by atoms with Crippen LogP contribution in [0.1, 0.15) is 40.0 Å². The van der Waals surface area contributed by atoms with Crippen LogP contribution in [0, 0.1) is 23.2 Å². The fourth-order valence-corrected chi connectivity index (χ4v) is 5.02. The zero-order valence-corrected chi connectivity index (χ0v) is 12.8. The maximum atomic E-state index is 11.0. The molecule has 1 saturated heterocycles. The quantitative estimate of drug-likeness (QED) is 0.723. The van der Waals surface area contributed by atoms with Gasteiger partial charge in [-0.3, -0.25) is 0 Å². The first-order valence-electron chi connectivity index (χ1n) is 7.65. The zero-order valence-electron chi connectivity index (χ0n) is 12.8. The molecular formula is C16H26O4. The highest BCUT2D eigenvalue weighted by molar-refractivity contribution is 5.28. The first-order chi connectivity index (χ1) is 9.33. The lowest BCUT2D eigenvalue weighted by Gasteiger charge is -2.54. The van der Waals surface area contributed by atoms with E-state index in [2.05, 4.69) is 20.8 Å². The minimum atomic E-state index is -1.09. The highest BCUT2D eigenvalue weighted by Gasteiger charge is 2.64. The van der Waals surface area contributed by atoms with Crippen molar-refractivity contribution in [2.45, 2.75) is 58.2 Å². The smallest absolute Gasteiger partial charge is 0.173 e. The van der Waals surface area contributed by atoms with Crippen molar-refractivity contribution in [3.05, 3.63) is 11.6 Å². The van der Waals surface area contributed by atoms with E-state index in [4.69, 9.17) is 9.47 Å². The van der Waals surface area contributed by atoms with Gasteiger partial charge < -0.3 is 19.7 Å². The van der Waals surface area contributed by atoms with Crippen molar-refractivity contribution in [3.8, 4) is 0 Å². The average Bonchev–Trinajstić information content (AvgIpc) is 2.64. The SMILES string of the molecule is CO[C@H]1O[C@@]2(O)CCC3=C[C@@H](O)C[C@H](C)[C@@]3(C)[C@H]2[C@@H]1C. The highest BCUT2D eigenvalue weighted by atomic mass is 16.7. The molecule has 1 heterocycles. The van der Waals surface area contributed by atoms with Crippen LogP contribution in [0.3, 0.4) is 0 Å². The van der Waals surface area contributed by atoms with Crippen LogP contribution in [-0.4, -0.2) is 35.5 Å². The largest absolute Gasteiger partial charge is 0.389 e. The molecule has 4 nitrogen and oxygen atoms in total. The number of ether oxygens (including phenoxy) is 2.